The van der Waals surface area contributed by atoms with Gasteiger partial charge in [-0.05, 0) is 55.0 Å². The van der Waals surface area contributed by atoms with E-state index in [9.17, 15) is 14.4 Å². The number of nitrogens with zero attached hydrogens (tertiary/aromatic N) is 3. The standard InChI is InChI=1S/C27H34N4O4/c1-18(32)29-11-9-22(10-12-29)30-15-20-13-21(17-30)25-8-7-24(27(34)31(25)16-20)28-26(33)14-19-3-5-23(35-2)6-4-19/h3-8,20-22H,9-17H2,1-2H3,(H,28,33). The molecule has 0 saturated carbocycles. The van der Waals surface area contributed by atoms with Crippen LogP contribution in [0.25, 0.3) is 0 Å². The number of hydrogen-bond acceptors (Lipinski definition) is 5. The number of fused-ring (bicyclic) bond motifs is 4. The van der Waals surface area contributed by atoms with Crippen molar-refractivity contribution in [2.24, 2.45) is 5.92 Å². The van der Waals surface area contributed by atoms with Crippen LogP contribution in [0.15, 0.2) is 41.2 Å². The molecule has 4 heterocycles. The first kappa shape index (κ1) is 23.6. The van der Waals surface area contributed by atoms with Crippen molar-refractivity contribution in [3.63, 3.8) is 0 Å². The van der Waals surface area contributed by atoms with E-state index in [2.05, 4.69) is 10.2 Å². The Hall–Kier alpha value is -3.13. The smallest absolute Gasteiger partial charge is 0.274 e. The summed E-state index contributed by atoms with van der Waals surface area (Å²) < 4.78 is 7.05. The molecule has 2 amide bonds. The molecule has 2 saturated heterocycles. The van der Waals surface area contributed by atoms with Crippen molar-refractivity contribution >= 4 is 17.5 Å². The summed E-state index contributed by atoms with van der Waals surface area (Å²) >= 11 is 0. The molecule has 35 heavy (non-hydrogen) atoms. The minimum Gasteiger partial charge on any atom is -0.497 e. The zero-order valence-electron chi connectivity index (χ0n) is 20.5. The van der Waals surface area contributed by atoms with Crippen LogP contribution in [0.2, 0.25) is 0 Å². The van der Waals surface area contributed by atoms with Gasteiger partial charge in [0, 0.05) is 57.3 Å². The van der Waals surface area contributed by atoms with Gasteiger partial charge < -0.3 is 19.5 Å². The first-order valence-electron chi connectivity index (χ1n) is 12.6. The van der Waals surface area contributed by atoms with Gasteiger partial charge in [-0.1, -0.05) is 12.1 Å². The SMILES string of the molecule is COc1ccc(CC(=O)Nc2ccc3n(c2=O)CC2CC3CN(C3CCN(C(C)=O)CC3)C2)cc1. The second-order valence-electron chi connectivity index (χ2n) is 10.2. The van der Waals surface area contributed by atoms with E-state index in [0.717, 1.165) is 62.4 Å². The third kappa shape index (κ3) is 4.98. The average molecular weight is 479 g/mol. The highest BCUT2D eigenvalue weighted by Crippen LogP contribution is 2.37. The van der Waals surface area contributed by atoms with Gasteiger partial charge in [-0.2, -0.15) is 0 Å². The molecular weight excluding hydrogens is 444 g/mol. The molecule has 0 radical (unpaired) electrons. The summed E-state index contributed by atoms with van der Waals surface area (Å²) in [5.74, 6) is 1.46. The fourth-order valence-electron chi connectivity index (χ4n) is 6.05. The van der Waals surface area contributed by atoms with Gasteiger partial charge >= 0.3 is 0 Å². The number of methoxy groups -OCH3 is 1. The maximum atomic E-state index is 13.3. The van der Waals surface area contributed by atoms with E-state index in [1.165, 1.54) is 0 Å². The molecule has 8 heteroatoms. The van der Waals surface area contributed by atoms with Crippen molar-refractivity contribution < 1.29 is 14.3 Å². The molecule has 2 aromatic rings. The average Bonchev–Trinajstić information content (AvgIpc) is 2.86. The first-order valence-corrected chi connectivity index (χ1v) is 12.6. The second kappa shape index (κ2) is 9.85. The van der Waals surface area contributed by atoms with Gasteiger partial charge in [0.15, 0.2) is 0 Å². The van der Waals surface area contributed by atoms with Crippen LogP contribution in [0.4, 0.5) is 5.69 Å². The van der Waals surface area contributed by atoms with Crippen molar-refractivity contribution in [2.75, 3.05) is 38.6 Å². The van der Waals surface area contributed by atoms with Gasteiger partial charge in [0.1, 0.15) is 11.4 Å². The van der Waals surface area contributed by atoms with Crippen LogP contribution >= 0.6 is 0 Å². The van der Waals surface area contributed by atoms with E-state index in [1.54, 1.807) is 20.1 Å². The minimum atomic E-state index is -0.202. The highest BCUT2D eigenvalue weighted by Gasteiger charge is 2.38. The van der Waals surface area contributed by atoms with E-state index in [4.69, 9.17) is 4.74 Å². The molecule has 3 aliphatic rings. The zero-order chi connectivity index (χ0) is 24.5. The Labute approximate surface area is 205 Å². The van der Waals surface area contributed by atoms with Crippen molar-refractivity contribution in [1.82, 2.24) is 14.4 Å². The quantitative estimate of drug-likeness (QED) is 0.714. The van der Waals surface area contributed by atoms with E-state index < -0.39 is 0 Å². The van der Waals surface area contributed by atoms with Crippen LogP contribution in [0, 0.1) is 5.92 Å². The first-order chi connectivity index (χ1) is 16.9. The molecule has 8 nitrogen and oxygen atoms in total. The fraction of sp³-hybridized carbons (Fsp3) is 0.519. The lowest BCUT2D eigenvalue weighted by molar-refractivity contribution is -0.130. The number of piperidine rings is 2. The number of ether oxygens (including phenoxy) is 1. The van der Waals surface area contributed by atoms with Gasteiger partial charge in [-0.15, -0.1) is 0 Å². The highest BCUT2D eigenvalue weighted by atomic mass is 16.5. The molecule has 0 spiro atoms. The summed E-state index contributed by atoms with van der Waals surface area (Å²) in [7, 11) is 1.61. The number of pyridine rings is 1. The Balaban J connectivity index is 1.25. The van der Waals surface area contributed by atoms with Crippen LogP contribution in [0.1, 0.15) is 43.4 Å². The molecule has 1 aromatic heterocycles. The number of rotatable bonds is 5. The van der Waals surface area contributed by atoms with E-state index in [0.29, 0.717) is 30.1 Å². The summed E-state index contributed by atoms with van der Waals surface area (Å²) in [5.41, 5.74) is 2.18. The van der Waals surface area contributed by atoms with Gasteiger partial charge in [0.05, 0.1) is 13.5 Å². The lowest BCUT2D eigenvalue weighted by Gasteiger charge is -2.47. The summed E-state index contributed by atoms with van der Waals surface area (Å²) in [5, 5.41) is 2.83. The predicted octanol–water partition coefficient (Wildman–Crippen LogP) is 2.47. The molecule has 1 aromatic carbocycles. The number of carbonyl (C=O) groups is 2. The lowest BCUT2D eigenvalue weighted by atomic mass is 9.82. The number of aromatic nitrogens is 1. The predicted molar refractivity (Wildman–Crippen MR) is 134 cm³/mol. The zero-order valence-corrected chi connectivity index (χ0v) is 20.5. The second-order valence-corrected chi connectivity index (χ2v) is 10.2. The minimum absolute atomic E-state index is 0.108. The van der Waals surface area contributed by atoms with Crippen molar-refractivity contribution in [3.05, 3.63) is 58.0 Å². The van der Waals surface area contributed by atoms with Crippen molar-refractivity contribution in [1.29, 1.82) is 0 Å². The number of hydrogen-bond donors (Lipinski definition) is 1. The molecule has 3 aliphatic heterocycles. The summed E-state index contributed by atoms with van der Waals surface area (Å²) in [6, 6.07) is 11.7. The Kier molecular flexibility index (Phi) is 6.65. The van der Waals surface area contributed by atoms with Gasteiger partial charge in [-0.3, -0.25) is 19.3 Å². The van der Waals surface area contributed by atoms with Gasteiger partial charge in [0.25, 0.3) is 5.56 Å². The number of carbonyl (C=O) groups excluding carboxylic acids is 2. The van der Waals surface area contributed by atoms with Crippen LogP contribution in [-0.2, 0) is 22.6 Å². The number of anilines is 1. The Morgan fingerprint density at radius 1 is 1.03 bits per heavy atom. The summed E-state index contributed by atoms with van der Waals surface area (Å²) in [4.78, 5) is 42.1. The molecule has 2 bridgehead atoms. The largest absolute Gasteiger partial charge is 0.497 e. The van der Waals surface area contributed by atoms with Gasteiger partial charge in [0.2, 0.25) is 11.8 Å². The van der Waals surface area contributed by atoms with E-state index in [1.807, 2.05) is 39.8 Å². The third-order valence-corrected chi connectivity index (χ3v) is 7.86. The maximum absolute atomic E-state index is 13.3. The fourth-order valence-corrected chi connectivity index (χ4v) is 6.05. The number of nitrogens with one attached hydrogen (secondary N) is 1. The van der Waals surface area contributed by atoms with Crippen LogP contribution in [-0.4, -0.2) is 65.5 Å². The number of likely N-dealkylation sites (tertiary alicyclic amines) is 2. The van der Waals surface area contributed by atoms with Gasteiger partial charge in [-0.25, -0.2) is 0 Å². The molecule has 0 aliphatic carbocycles. The lowest BCUT2D eigenvalue weighted by Crippen LogP contribution is -2.53. The van der Waals surface area contributed by atoms with Crippen LogP contribution in [0.5, 0.6) is 5.75 Å². The Morgan fingerprint density at radius 3 is 2.46 bits per heavy atom. The van der Waals surface area contributed by atoms with E-state index in [-0.39, 0.29) is 23.8 Å². The number of benzene rings is 1. The van der Waals surface area contributed by atoms with Crippen molar-refractivity contribution in [3.8, 4) is 5.75 Å². The summed E-state index contributed by atoms with van der Waals surface area (Å²) in [6.45, 7) is 5.94. The molecule has 5 rings (SSSR count). The molecule has 2 atom stereocenters. The normalized spacial score (nSPS) is 22.4. The third-order valence-electron chi connectivity index (χ3n) is 7.86. The molecule has 186 valence electrons. The summed E-state index contributed by atoms with van der Waals surface area (Å²) in [6.07, 6.45) is 3.34. The molecule has 2 fully saturated rings. The highest BCUT2D eigenvalue weighted by molar-refractivity contribution is 5.92. The Morgan fingerprint density at radius 2 is 1.77 bits per heavy atom. The van der Waals surface area contributed by atoms with Crippen LogP contribution < -0.4 is 15.6 Å². The molecule has 1 N–H and O–H groups in total. The maximum Gasteiger partial charge on any atom is 0.274 e. The number of amides is 2. The Bertz CT molecular complexity index is 1150. The molecular formula is C27H34N4O4. The topological polar surface area (TPSA) is 83.9 Å². The van der Waals surface area contributed by atoms with Crippen LogP contribution in [0.3, 0.4) is 0 Å². The van der Waals surface area contributed by atoms with E-state index >= 15 is 0 Å². The monoisotopic (exact) mass is 478 g/mol. The molecule has 2 unspecified atom stereocenters. The van der Waals surface area contributed by atoms with Crippen molar-refractivity contribution in [2.45, 2.75) is 51.1 Å².